The van der Waals surface area contributed by atoms with E-state index in [-0.39, 0.29) is 85.2 Å². The second-order valence-corrected chi connectivity index (χ2v) is 19.5. The van der Waals surface area contributed by atoms with Crippen LogP contribution < -0.4 is 0 Å². The Balaban J connectivity index is 0.832. The molecule has 0 aromatic rings. The lowest BCUT2D eigenvalue weighted by Crippen LogP contribution is -2.42. The zero-order valence-electron chi connectivity index (χ0n) is 35.2. The normalized spacial score (nSPS) is 38.6. The molecule has 16 nitrogen and oxygen atoms in total. The Bertz CT molecular complexity index is 1370. The van der Waals surface area contributed by atoms with E-state index in [0.29, 0.717) is 50.0 Å². The monoisotopic (exact) mass is 838 g/mol. The van der Waals surface area contributed by atoms with Crippen molar-refractivity contribution in [2.45, 2.75) is 204 Å². The van der Waals surface area contributed by atoms with Crippen molar-refractivity contribution in [1.29, 1.82) is 0 Å². The molecule has 6 fully saturated rings. The Morgan fingerprint density at radius 2 is 1.03 bits per heavy atom. The van der Waals surface area contributed by atoms with Gasteiger partial charge in [0.25, 0.3) is 0 Å². The Labute approximate surface area is 348 Å². The first kappa shape index (κ1) is 46.0. The minimum atomic E-state index is -1.09. The number of hydrogen-bond acceptors (Lipinski definition) is 13. The van der Waals surface area contributed by atoms with Gasteiger partial charge in [0, 0.05) is 35.5 Å². The molecule has 0 aromatic carbocycles. The molecule has 0 bridgehead atoms. The van der Waals surface area contributed by atoms with Crippen LogP contribution in [0.25, 0.3) is 0 Å². The van der Waals surface area contributed by atoms with Crippen LogP contribution in [-0.4, -0.2) is 94.1 Å². The topological polar surface area (TPSA) is 216 Å². The molecule has 0 aromatic heterocycles. The molecular weight excluding hydrogens is 768 g/mol. The maximum absolute atomic E-state index is 13.0. The van der Waals surface area contributed by atoms with E-state index in [0.717, 1.165) is 77.0 Å². The molecule has 336 valence electrons. The molecule has 0 spiro atoms. The van der Waals surface area contributed by atoms with Gasteiger partial charge in [-0.2, -0.15) is 0 Å². The molecule has 16 heteroatoms. The van der Waals surface area contributed by atoms with Crippen molar-refractivity contribution in [3.8, 4) is 0 Å². The third kappa shape index (κ3) is 12.6. The van der Waals surface area contributed by atoms with Crippen LogP contribution in [0.1, 0.15) is 155 Å². The van der Waals surface area contributed by atoms with Crippen LogP contribution in [-0.2, 0) is 38.5 Å². The van der Waals surface area contributed by atoms with E-state index in [1.165, 1.54) is 12.8 Å². The summed E-state index contributed by atoms with van der Waals surface area (Å²) in [6.07, 6.45) is 17.7. The van der Waals surface area contributed by atoms with Gasteiger partial charge in [-0.05, 0) is 145 Å². The molecule has 0 heterocycles. The summed E-state index contributed by atoms with van der Waals surface area (Å²) in [5, 5.41) is 41.3. The van der Waals surface area contributed by atoms with Gasteiger partial charge < -0.3 is 19.3 Å². The average molecular weight is 839 g/mol. The van der Waals surface area contributed by atoms with Crippen molar-refractivity contribution in [1.82, 2.24) is 0 Å². The summed E-state index contributed by atoms with van der Waals surface area (Å²) in [4.78, 5) is 62.6. The highest BCUT2D eigenvalue weighted by Crippen LogP contribution is 2.49. The van der Waals surface area contributed by atoms with Crippen LogP contribution in [0.15, 0.2) is 0 Å². The molecule has 6 aliphatic rings. The van der Waals surface area contributed by atoms with E-state index in [1.54, 1.807) is 0 Å². The van der Waals surface area contributed by atoms with Crippen LogP contribution >= 0.6 is 0 Å². The fourth-order valence-electron chi connectivity index (χ4n) is 11.7. The molecule has 0 amide bonds. The zero-order valence-corrected chi connectivity index (χ0v) is 35.2. The van der Waals surface area contributed by atoms with E-state index in [4.69, 9.17) is 29.2 Å². The lowest BCUT2D eigenvalue weighted by molar-refractivity contribution is -0.530. The molecular formula is C43H70N2O14. The minimum Gasteiger partial charge on any atom is -0.481 e. The van der Waals surface area contributed by atoms with Crippen molar-refractivity contribution in [2.75, 3.05) is 13.2 Å². The van der Waals surface area contributed by atoms with Gasteiger partial charge in [-0.25, -0.2) is 14.7 Å². The van der Waals surface area contributed by atoms with Gasteiger partial charge in [0.05, 0.1) is 55.6 Å². The Kier molecular flexibility index (Phi) is 16.8. The molecule has 0 radical (unpaired) electrons. The highest BCUT2D eigenvalue weighted by molar-refractivity contribution is 5.81. The van der Waals surface area contributed by atoms with Crippen molar-refractivity contribution < 1.29 is 58.7 Å². The molecule has 6 unspecified atom stereocenters. The largest absolute Gasteiger partial charge is 0.481 e. The number of carboxylic acid groups (broad SMARTS) is 1. The van der Waals surface area contributed by atoms with Gasteiger partial charge in [-0.15, -0.1) is 0 Å². The molecule has 6 atom stereocenters. The summed E-state index contributed by atoms with van der Waals surface area (Å²) >= 11 is 0. The van der Waals surface area contributed by atoms with E-state index in [9.17, 15) is 34.9 Å². The molecule has 0 saturated heterocycles. The SMILES string of the molecule is CC(C)(C1CCC(OC2CCC(OOCC3CC([N+](=O)[O-])CCC3COO)CC2)CC1)C1CCC(OC2CCC(OC(=O)C3CC([N+](=O)[O-])CCC3C(=O)O)CC2)CC1. The second kappa shape index (κ2) is 21.5. The Hall–Kier alpha value is -2.50. The maximum Gasteiger partial charge on any atom is 0.310 e. The number of nitro groups is 2. The number of aliphatic carboxylic acids is 1. The van der Waals surface area contributed by atoms with E-state index >= 15 is 0 Å². The van der Waals surface area contributed by atoms with Crippen molar-refractivity contribution in [3.05, 3.63) is 20.2 Å². The molecule has 6 aliphatic carbocycles. The van der Waals surface area contributed by atoms with Crippen LogP contribution in [0.4, 0.5) is 0 Å². The van der Waals surface area contributed by atoms with Gasteiger partial charge in [0.1, 0.15) is 6.10 Å². The fourth-order valence-corrected chi connectivity index (χ4v) is 11.7. The summed E-state index contributed by atoms with van der Waals surface area (Å²) in [5.41, 5.74) is 0.248. The predicted octanol–water partition coefficient (Wildman–Crippen LogP) is 7.97. The summed E-state index contributed by atoms with van der Waals surface area (Å²) in [7, 11) is 0. The average Bonchev–Trinajstić information content (AvgIpc) is 3.23. The Morgan fingerprint density at radius 3 is 1.53 bits per heavy atom. The van der Waals surface area contributed by atoms with Gasteiger partial charge in [-0.1, -0.05) is 13.8 Å². The third-order valence-corrected chi connectivity index (χ3v) is 15.7. The number of rotatable bonds is 17. The van der Waals surface area contributed by atoms with E-state index in [2.05, 4.69) is 18.7 Å². The van der Waals surface area contributed by atoms with E-state index in [1.807, 2.05) is 0 Å². The van der Waals surface area contributed by atoms with E-state index < -0.39 is 40.8 Å². The highest BCUT2D eigenvalue weighted by atomic mass is 17.2. The molecule has 6 rings (SSSR count). The maximum atomic E-state index is 13.0. The number of hydrogen-bond donors (Lipinski definition) is 2. The quantitative estimate of drug-likeness (QED) is 0.0615. The first-order valence-corrected chi connectivity index (χ1v) is 22.9. The van der Waals surface area contributed by atoms with Crippen molar-refractivity contribution in [2.24, 2.45) is 40.9 Å². The second-order valence-electron chi connectivity index (χ2n) is 19.5. The number of carbonyl (C=O) groups excluding carboxylic acids is 1. The van der Waals surface area contributed by atoms with Gasteiger partial charge >= 0.3 is 11.9 Å². The molecule has 0 aliphatic heterocycles. The lowest BCUT2D eigenvalue weighted by atomic mass is 9.60. The van der Waals surface area contributed by atoms with Crippen LogP contribution in [0.2, 0.25) is 0 Å². The standard InChI is InChI=1S/C43H70N2O14/c1-43(2,29-4-10-33(11-5-29)56-35-14-16-37(17-15-35)58-42(48)40-24-32(45(51)52)9-22-39(40)41(46)47)30-6-12-34(13-7-30)57-36-18-20-38(21-19-36)59-55-26-28-23-31(44(49)50)8-3-27(28)25-54-53/h27-40,53H,3-26H2,1-2H3,(H,46,47). The number of esters is 1. The fraction of sp³-hybridized carbons (Fsp3) is 0.953. The summed E-state index contributed by atoms with van der Waals surface area (Å²) < 4.78 is 19.0. The number of nitrogens with zero attached hydrogens (tertiary/aromatic N) is 2. The third-order valence-electron chi connectivity index (χ3n) is 15.7. The lowest BCUT2D eigenvalue weighted by Gasteiger charge is -2.47. The zero-order chi connectivity index (χ0) is 42.1. The molecule has 2 N–H and O–H groups in total. The Morgan fingerprint density at radius 1 is 0.576 bits per heavy atom. The highest BCUT2D eigenvalue weighted by Gasteiger charge is 2.46. The van der Waals surface area contributed by atoms with Crippen LogP contribution in [0.3, 0.4) is 0 Å². The minimum absolute atomic E-state index is 0.0100. The van der Waals surface area contributed by atoms with Gasteiger partial charge in [-0.3, -0.25) is 35.1 Å². The first-order chi connectivity index (χ1) is 28.3. The first-order valence-electron chi connectivity index (χ1n) is 22.9. The van der Waals surface area contributed by atoms with Crippen molar-refractivity contribution >= 4 is 11.9 Å². The summed E-state index contributed by atoms with van der Waals surface area (Å²) in [5.74, 6) is -2.38. The molecule has 6 saturated carbocycles. The molecule has 59 heavy (non-hydrogen) atoms. The number of carboxylic acids is 1. The predicted molar refractivity (Wildman–Crippen MR) is 212 cm³/mol. The number of carbonyl (C=O) groups is 2. The smallest absolute Gasteiger partial charge is 0.310 e. The summed E-state index contributed by atoms with van der Waals surface area (Å²) in [6, 6.07) is -1.50. The van der Waals surface area contributed by atoms with Gasteiger partial charge in [0.2, 0.25) is 12.1 Å². The van der Waals surface area contributed by atoms with Crippen LogP contribution in [0, 0.1) is 61.2 Å². The summed E-state index contributed by atoms with van der Waals surface area (Å²) in [6.45, 7) is 5.34. The van der Waals surface area contributed by atoms with Crippen LogP contribution in [0.5, 0.6) is 0 Å². The number of ether oxygens (including phenoxy) is 3. The van der Waals surface area contributed by atoms with Gasteiger partial charge in [0.15, 0.2) is 0 Å². The van der Waals surface area contributed by atoms with Crippen molar-refractivity contribution in [3.63, 3.8) is 0 Å².